The molecule has 13 heavy (non-hydrogen) atoms. The van der Waals surface area contributed by atoms with Crippen LogP contribution in [0.15, 0.2) is 0 Å². The molecule has 0 spiro atoms. The van der Waals surface area contributed by atoms with E-state index in [4.69, 9.17) is 0 Å². The first-order valence-corrected chi connectivity index (χ1v) is 8.05. The third kappa shape index (κ3) is 16.6. The van der Waals surface area contributed by atoms with Crippen LogP contribution in [0, 0.1) is 0 Å². The minimum absolute atomic E-state index is 0.750. The molecule has 0 aromatic heterocycles. The zero-order valence-electron chi connectivity index (χ0n) is 8.66. The Balaban J connectivity index is 0. The number of nitrogens with zero attached hydrogens (tertiary/aromatic N) is 1. The highest BCUT2D eigenvalue weighted by atomic mass is 80.0. The Morgan fingerprint density at radius 3 is 1.00 bits per heavy atom. The van der Waals surface area contributed by atoms with Crippen LogP contribution in [0.1, 0.15) is 20.8 Å². The van der Waals surface area contributed by atoms with E-state index in [1.807, 2.05) is 0 Å². The van der Waals surface area contributed by atoms with Gasteiger partial charge in [0.2, 0.25) is 1.44 Å². The molecule has 0 aromatic carbocycles. The monoisotopic (exact) mass is 443 g/mol. The fraction of sp³-hybridized carbons (Fsp3) is 1.00. The van der Waals surface area contributed by atoms with E-state index < -0.39 is 1.44 Å². The molecule has 0 atom stereocenters. The first-order chi connectivity index (χ1) is 5.68. The molecule has 0 amide bonds. The summed E-state index contributed by atoms with van der Waals surface area (Å²) < 4.78 is 0.458. The van der Waals surface area contributed by atoms with E-state index in [-0.39, 0.29) is 0 Å². The van der Waals surface area contributed by atoms with Crippen molar-refractivity contribution in [2.24, 2.45) is 0 Å². The van der Waals surface area contributed by atoms with Gasteiger partial charge in [-0.25, -0.2) is 0 Å². The van der Waals surface area contributed by atoms with E-state index in [0.717, 1.165) is 0 Å². The van der Waals surface area contributed by atoms with Gasteiger partial charge in [0, 0.05) is 0 Å². The second kappa shape index (κ2) is 8.14. The SMILES string of the molecule is Br[B-](Br)(Br)Br.CC[N+](C)(CC)CC. The molecule has 0 aromatic rings. The fourth-order valence-corrected chi connectivity index (χ4v) is 0.671. The second-order valence-corrected chi connectivity index (χ2v) is 15.9. The van der Waals surface area contributed by atoms with Crippen LogP contribution in [-0.4, -0.2) is 32.6 Å². The summed E-state index contributed by atoms with van der Waals surface area (Å²) in [6.07, 6.45) is 0. The van der Waals surface area contributed by atoms with Crippen LogP contribution in [-0.2, 0) is 0 Å². The maximum Gasteiger partial charge on any atom is 0.246 e. The van der Waals surface area contributed by atoms with Crippen LogP contribution in [0.5, 0.6) is 0 Å². The van der Waals surface area contributed by atoms with Crippen molar-refractivity contribution in [1.82, 2.24) is 0 Å². The molecule has 0 aliphatic rings. The zero-order chi connectivity index (χ0) is 11.1. The average molecular weight is 447 g/mol. The molecule has 0 N–H and O–H groups in total. The van der Waals surface area contributed by atoms with Gasteiger partial charge in [-0.1, -0.05) is 0 Å². The Morgan fingerprint density at radius 2 is 1.00 bits per heavy atom. The lowest BCUT2D eigenvalue weighted by atomic mass is 10.4. The largest absolute Gasteiger partial charge is 0.327 e. The van der Waals surface area contributed by atoms with Crippen molar-refractivity contribution in [3.63, 3.8) is 0 Å². The van der Waals surface area contributed by atoms with Gasteiger partial charge in [0.25, 0.3) is 0 Å². The Labute approximate surface area is 115 Å². The number of quaternary nitrogens is 1. The molecule has 0 aliphatic carbocycles. The second-order valence-electron chi connectivity index (χ2n) is 3.06. The van der Waals surface area contributed by atoms with Gasteiger partial charge < -0.3 is 67.5 Å². The molecule has 0 heterocycles. The van der Waals surface area contributed by atoms with Crippen LogP contribution in [0.25, 0.3) is 0 Å². The van der Waals surface area contributed by atoms with Gasteiger partial charge in [0.1, 0.15) is 0 Å². The van der Waals surface area contributed by atoms with E-state index in [1.165, 1.54) is 24.1 Å². The van der Waals surface area contributed by atoms with Crippen LogP contribution in [0.3, 0.4) is 0 Å². The standard InChI is InChI=1S/C7H18N.BBr4/c1-5-8(4,6-2)7-3;2-1(3,4)5/h5-7H2,1-4H3;/q+1;-1. The number of hydrogen-bond acceptors (Lipinski definition) is 0. The van der Waals surface area contributed by atoms with Gasteiger partial charge in [-0.2, -0.15) is 0 Å². The Kier molecular flexibility index (Phi) is 10.9. The van der Waals surface area contributed by atoms with Crippen LogP contribution in [0.2, 0.25) is 0 Å². The number of halogens is 4. The predicted octanol–water partition coefficient (Wildman–Crippen LogP) is 4.49. The molecule has 6 heteroatoms. The molecule has 0 fully saturated rings. The quantitative estimate of drug-likeness (QED) is 0.443. The Hall–Kier alpha value is 1.94. The molecule has 0 saturated carbocycles. The molecule has 0 unspecified atom stereocenters. The highest BCUT2D eigenvalue weighted by Crippen LogP contribution is 2.33. The third-order valence-electron chi connectivity index (χ3n) is 2.29. The van der Waals surface area contributed by atoms with E-state index in [2.05, 4.69) is 90.8 Å². The summed E-state index contributed by atoms with van der Waals surface area (Å²) in [5.41, 5.74) is 0. The lowest BCUT2D eigenvalue weighted by molar-refractivity contribution is -0.904. The summed E-state index contributed by atoms with van der Waals surface area (Å²) in [5.74, 6) is 0. The van der Waals surface area contributed by atoms with Crippen LogP contribution < -0.4 is 0 Å². The highest BCUT2D eigenvalue weighted by Gasteiger charge is 2.10. The van der Waals surface area contributed by atoms with Crippen molar-refractivity contribution >= 4 is 64.5 Å². The maximum atomic E-state index is 3.19. The summed E-state index contributed by atoms with van der Waals surface area (Å²) in [6, 6.07) is 0. The summed E-state index contributed by atoms with van der Waals surface area (Å²) in [4.78, 5) is 0. The maximum absolute atomic E-state index is 3.19. The average Bonchev–Trinajstić information content (AvgIpc) is 2.00. The lowest BCUT2D eigenvalue weighted by Crippen LogP contribution is -2.42. The first-order valence-electron chi connectivity index (χ1n) is 4.39. The Morgan fingerprint density at radius 1 is 0.846 bits per heavy atom. The molecule has 0 radical (unpaired) electrons. The number of rotatable bonds is 3. The van der Waals surface area contributed by atoms with E-state index in [9.17, 15) is 0 Å². The van der Waals surface area contributed by atoms with Gasteiger partial charge in [-0.3, -0.25) is 0 Å². The van der Waals surface area contributed by atoms with Crippen LogP contribution >= 0.6 is 63.0 Å². The molecular weight excluding hydrogens is 429 g/mol. The molecular formula is C7H18BBr4N. The minimum Gasteiger partial charge on any atom is -0.327 e. The number of hydrogen-bond donors (Lipinski definition) is 0. The summed E-state index contributed by atoms with van der Waals surface area (Å²) in [6.45, 7) is 10.5. The minimum atomic E-state index is -0.750. The van der Waals surface area contributed by atoms with E-state index in [1.54, 1.807) is 0 Å². The van der Waals surface area contributed by atoms with Crippen molar-refractivity contribution in [3.8, 4) is 0 Å². The highest BCUT2D eigenvalue weighted by molar-refractivity contribution is 9.90. The predicted molar refractivity (Wildman–Crippen MR) is 79.3 cm³/mol. The summed E-state index contributed by atoms with van der Waals surface area (Å²) >= 11 is 12.8. The van der Waals surface area contributed by atoms with Gasteiger partial charge in [0.15, 0.2) is 0 Å². The third-order valence-corrected chi connectivity index (χ3v) is 2.29. The van der Waals surface area contributed by atoms with Crippen molar-refractivity contribution in [1.29, 1.82) is 0 Å². The van der Waals surface area contributed by atoms with Gasteiger partial charge in [-0.05, 0) is 20.8 Å². The lowest BCUT2D eigenvalue weighted by Gasteiger charge is -2.30. The van der Waals surface area contributed by atoms with Gasteiger partial charge >= 0.3 is 0 Å². The first kappa shape index (κ1) is 17.3. The van der Waals surface area contributed by atoms with Crippen molar-refractivity contribution < 1.29 is 4.48 Å². The topological polar surface area (TPSA) is 0 Å². The van der Waals surface area contributed by atoms with Gasteiger partial charge in [0.05, 0.1) is 26.7 Å². The molecule has 0 aliphatic heterocycles. The fourth-order valence-electron chi connectivity index (χ4n) is 0.671. The molecule has 0 bridgehead atoms. The van der Waals surface area contributed by atoms with E-state index in [0.29, 0.717) is 0 Å². The molecule has 82 valence electrons. The summed E-state index contributed by atoms with van der Waals surface area (Å²) in [7, 11) is 2.29. The zero-order valence-corrected chi connectivity index (χ0v) is 15.0. The van der Waals surface area contributed by atoms with Crippen LogP contribution in [0.4, 0.5) is 0 Å². The normalized spacial score (nSPS) is 12.0. The molecule has 1 nitrogen and oxygen atoms in total. The summed E-state index contributed by atoms with van der Waals surface area (Å²) in [5, 5.41) is 0. The van der Waals surface area contributed by atoms with Crippen molar-refractivity contribution in [2.75, 3.05) is 26.7 Å². The Bertz CT molecular complexity index is 108. The molecule has 0 saturated heterocycles. The smallest absolute Gasteiger partial charge is 0.246 e. The van der Waals surface area contributed by atoms with Crippen molar-refractivity contribution in [3.05, 3.63) is 0 Å². The molecule has 0 rings (SSSR count). The van der Waals surface area contributed by atoms with Gasteiger partial charge in [-0.15, -0.1) is 0 Å². The van der Waals surface area contributed by atoms with Crippen molar-refractivity contribution in [2.45, 2.75) is 20.8 Å². The van der Waals surface area contributed by atoms with E-state index >= 15 is 0 Å².